The molecule has 1 amide bonds. The first-order valence-corrected chi connectivity index (χ1v) is 5.09. The summed E-state index contributed by atoms with van der Waals surface area (Å²) in [5, 5.41) is 0. The minimum Gasteiger partial charge on any atom is -0.387 e. The SMILES string of the molecule is CCB(CC)N1CCCCC1=O. The zero-order valence-electron chi connectivity index (χ0n) is 8.18. The lowest BCUT2D eigenvalue weighted by molar-refractivity contribution is -0.128. The van der Waals surface area contributed by atoms with Gasteiger partial charge in [-0.25, -0.2) is 0 Å². The predicted molar refractivity (Wildman–Crippen MR) is 52.3 cm³/mol. The van der Waals surface area contributed by atoms with Crippen LogP contribution in [-0.2, 0) is 4.79 Å². The van der Waals surface area contributed by atoms with Crippen LogP contribution in [0.3, 0.4) is 0 Å². The molecule has 3 heteroatoms. The summed E-state index contributed by atoms with van der Waals surface area (Å²) in [5.74, 6) is 0.370. The Balaban J connectivity index is 2.51. The van der Waals surface area contributed by atoms with E-state index in [0.717, 1.165) is 32.0 Å². The molecule has 1 aliphatic rings. The van der Waals surface area contributed by atoms with Crippen molar-refractivity contribution in [3.05, 3.63) is 0 Å². The highest BCUT2D eigenvalue weighted by Gasteiger charge is 2.26. The molecule has 0 radical (unpaired) electrons. The van der Waals surface area contributed by atoms with Crippen LogP contribution < -0.4 is 0 Å². The van der Waals surface area contributed by atoms with Gasteiger partial charge in [0.15, 0.2) is 0 Å². The first-order valence-electron chi connectivity index (χ1n) is 5.09. The van der Waals surface area contributed by atoms with Gasteiger partial charge >= 0.3 is 0 Å². The van der Waals surface area contributed by atoms with Crippen LogP contribution in [0.1, 0.15) is 33.1 Å². The molecule has 0 aromatic heterocycles. The fourth-order valence-corrected chi connectivity index (χ4v) is 1.94. The largest absolute Gasteiger partial charge is 0.387 e. The number of rotatable bonds is 3. The van der Waals surface area contributed by atoms with Crippen molar-refractivity contribution in [1.29, 1.82) is 0 Å². The summed E-state index contributed by atoms with van der Waals surface area (Å²) in [6, 6.07) is 0. The Hall–Kier alpha value is -0.465. The molecule has 0 aliphatic carbocycles. The molecule has 1 saturated heterocycles. The quantitative estimate of drug-likeness (QED) is 0.589. The number of carbonyl (C=O) groups is 1. The van der Waals surface area contributed by atoms with Crippen LogP contribution in [0.2, 0.25) is 12.6 Å². The van der Waals surface area contributed by atoms with Crippen molar-refractivity contribution in [3.8, 4) is 0 Å². The average Bonchev–Trinajstić information content (AvgIpc) is 2.10. The van der Waals surface area contributed by atoms with Gasteiger partial charge in [0.2, 0.25) is 5.91 Å². The third kappa shape index (κ3) is 2.02. The van der Waals surface area contributed by atoms with Crippen molar-refractivity contribution >= 4 is 12.8 Å². The summed E-state index contributed by atoms with van der Waals surface area (Å²) in [5.41, 5.74) is 0. The molecule has 0 aromatic carbocycles. The highest BCUT2D eigenvalue weighted by molar-refractivity contribution is 6.58. The molecule has 12 heavy (non-hydrogen) atoms. The molecule has 0 bridgehead atoms. The Morgan fingerprint density at radius 2 is 2.00 bits per heavy atom. The van der Waals surface area contributed by atoms with Gasteiger partial charge in [-0.05, 0) is 12.8 Å². The number of piperidine rings is 1. The lowest BCUT2D eigenvalue weighted by Crippen LogP contribution is -2.45. The van der Waals surface area contributed by atoms with E-state index in [4.69, 9.17) is 0 Å². The van der Waals surface area contributed by atoms with Gasteiger partial charge < -0.3 is 4.81 Å². The molecular formula is C9H18BNO. The number of hydrogen-bond acceptors (Lipinski definition) is 1. The van der Waals surface area contributed by atoms with Crippen LogP contribution in [0.15, 0.2) is 0 Å². The summed E-state index contributed by atoms with van der Waals surface area (Å²) in [6.45, 7) is 5.81. The molecule has 0 spiro atoms. The van der Waals surface area contributed by atoms with E-state index in [-0.39, 0.29) is 0 Å². The molecule has 0 atom stereocenters. The molecular weight excluding hydrogens is 149 g/mol. The Morgan fingerprint density at radius 3 is 2.50 bits per heavy atom. The Kier molecular flexibility index (Phi) is 3.64. The molecule has 68 valence electrons. The predicted octanol–water partition coefficient (Wildman–Crippen LogP) is 2.03. The van der Waals surface area contributed by atoms with Gasteiger partial charge in [0.25, 0.3) is 6.85 Å². The maximum absolute atomic E-state index is 11.5. The summed E-state index contributed by atoms with van der Waals surface area (Å²) in [6.07, 6.45) is 5.26. The van der Waals surface area contributed by atoms with Gasteiger partial charge in [0.05, 0.1) is 0 Å². The smallest absolute Gasteiger partial charge is 0.257 e. The van der Waals surface area contributed by atoms with Gasteiger partial charge in [-0.1, -0.05) is 26.5 Å². The number of nitrogens with zero attached hydrogens (tertiary/aromatic N) is 1. The second-order valence-electron chi connectivity index (χ2n) is 3.51. The Morgan fingerprint density at radius 1 is 1.33 bits per heavy atom. The van der Waals surface area contributed by atoms with Crippen LogP contribution in [0.4, 0.5) is 0 Å². The van der Waals surface area contributed by atoms with E-state index >= 15 is 0 Å². The van der Waals surface area contributed by atoms with Gasteiger partial charge in [-0.3, -0.25) is 4.79 Å². The first kappa shape index (κ1) is 9.62. The van der Waals surface area contributed by atoms with Crippen molar-refractivity contribution in [3.63, 3.8) is 0 Å². The molecule has 2 nitrogen and oxygen atoms in total. The molecule has 0 unspecified atom stereocenters. The lowest BCUT2D eigenvalue weighted by atomic mass is 9.55. The topological polar surface area (TPSA) is 20.3 Å². The van der Waals surface area contributed by atoms with E-state index in [1.807, 2.05) is 0 Å². The molecule has 1 aliphatic heterocycles. The van der Waals surface area contributed by atoms with E-state index in [9.17, 15) is 4.79 Å². The standard InChI is InChI=1S/C9H18BNO/c1-3-10(4-2)11-8-6-5-7-9(11)12/h3-8H2,1-2H3. The van der Waals surface area contributed by atoms with Crippen LogP contribution >= 0.6 is 0 Å². The minimum absolute atomic E-state index is 0.370. The number of hydrogen-bond donors (Lipinski definition) is 0. The summed E-state index contributed by atoms with van der Waals surface area (Å²) < 4.78 is 0. The normalized spacial score (nSPS) is 18.2. The lowest BCUT2D eigenvalue weighted by Gasteiger charge is -2.31. The van der Waals surface area contributed by atoms with Gasteiger partial charge in [0, 0.05) is 13.0 Å². The van der Waals surface area contributed by atoms with Crippen LogP contribution in [0.5, 0.6) is 0 Å². The highest BCUT2D eigenvalue weighted by atomic mass is 16.2. The monoisotopic (exact) mass is 167 g/mol. The minimum atomic E-state index is 0.370. The molecule has 1 rings (SSSR count). The van der Waals surface area contributed by atoms with E-state index in [1.165, 1.54) is 6.42 Å². The van der Waals surface area contributed by atoms with Gasteiger partial charge in [-0.15, -0.1) is 0 Å². The van der Waals surface area contributed by atoms with Crippen molar-refractivity contribution in [1.82, 2.24) is 4.81 Å². The summed E-state index contributed by atoms with van der Waals surface area (Å²) in [4.78, 5) is 13.6. The summed E-state index contributed by atoms with van der Waals surface area (Å²) >= 11 is 0. The second-order valence-corrected chi connectivity index (χ2v) is 3.51. The van der Waals surface area contributed by atoms with Crippen molar-refractivity contribution < 1.29 is 4.79 Å². The number of amides is 1. The molecule has 0 saturated carbocycles. The molecule has 0 N–H and O–H groups in total. The Labute approximate surface area is 75.4 Å². The van der Waals surface area contributed by atoms with Crippen molar-refractivity contribution in [2.75, 3.05) is 6.54 Å². The van der Waals surface area contributed by atoms with Gasteiger partial charge in [0.1, 0.15) is 0 Å². The van der Waals surface area contributed by atoms with E-state index in [1.54, 1.807) is 0 Å². The van der Waals surface area contributed by atoms with Crippen molar-refractivity contribution in [2.45, 2.75) is 45.8 Å². The Bertz CT molecular complexity index is 157. The molecule has 0 aromatic rings. The van der Waals surface area contributed by atoms with E-state index in [2.05, 4.69) is 18.7 Å². The van der Waals surface area contributed by atoms with E-state index in [0.29, 0.717) is 12.8 Å². The molecule has 1 fully saturated rings. The summed E-state index contributed by atoms with van der Waals surface area (Å²) in [7, 11) is 0. The van der Waals surface area contributed by atoms with Crippen LogP contribution in [-0.4, -0.2) is 24.1 Å². The first-order chi connectivity index (χ1) is 5.79. The zero-order chi connectivity index (χ0) is 8.97. The second kappa shape index (κ2) is 4.53. The van der Waals surface area contributed by atoms with Crippen LogP contribution in [0, 0.1) is 0 Å². The third-order valence-corrected chi connectivity index (χ3v) is 2.74. The third-order valence-electron chi connectivity index (χ3n) is 2.74. The van der Waals surface area contributed by atoms with Crippen LogP contribution in [0.25, 0.3) is 0 Å². The maximum atomic E-state index is 11.5. The highest BCUT2D eigenvalue weighted by Crippen LogP contribution is 2.15. The fraction of sp³-hybridized carbons (Fsp3) is 0.889. The fourth-order valence-electron chi connectivity index (χ4n) is 1.94. The van der Waals surface area contributed by atoms with Crippen molar-refractivity contribution in [2.24, 2.45) is 0 Å². The molecule has 1 heterocycles. The average molecular weight is 167 g/mol. The number of carbonyl (C=O) groups excluding carboxylic acids is 1. The van der Waals surface area contributed by atoms with Gasteiger partial charge in [-0.2, -0.15) is 0 Å². The maximum Gasteiger partial charge on any atom is 0.257 e. The van der Waals surface area contributed by atoms with E-state index < -0.39 is 0 Å². The zero-order valence-corrected chi connectivity index (χ0v) is 8.18.